The molecule has 3 aliphatic carbocycles. The first-order valence-corrected chi connectivity index (χ1v) is 30.4. The molecule has 11 aliphatic rings. The molecule has 10 bridgehead atoms. The van der Waals surface area contributed by atoms with Gasteiger partial charge in [0, 0.05) is 111 Å². The number of hydrogen-bond donors (Lipinski definition) is 2. The second-order valence-electron chi connectivity index (χ2n) is 25.8. The number of cyclic esters (lactones) is 1. The lowest BCUT2D eigenvalue weighted by Crippen LogP contribution is -2.72. The van der Waals surface area contributed by atoms with E-state index in [2.05, 4.69) is 94.3 Å². The summed E-state index contributed by atoms with van der Waals surface area (Å²) in [7, 11) is 1.75. The van der Waals surface area contributed by atoms with Gasteiger partial charge in [-0.25, -0.2) is 10.4 Å². The molecule has 2 amide bonds. The monoisotopic (exact) mass is 1100 g/mol. The Labute approximate surface area is 468 Å². The molecule has 7 saturated heterocycles. The molecule has 19 heteroatoms. The summed E-state index contributed by atoms with van der Waals surface area (Å²) in [6.45, 7) is 20.5. The summed E-state index contributed by atoms with van der Waals surface area (Å²) in [5, 5.41) is 8.82. The number of ether oxygens (including phenoxy) is 6. The number of hydrazine groups is 1. The number of rotatable bonds is 12. The summed E-state index contributed by atoms with van der Waals surface area (Å²) in [4.78, 5) is 63.1. The van der Waals surface area contributed by atoms with Gasteiger partial charge in [-0.2, -0.15) is 0 Å². The Morgan fingerprint density at radius 2 is 1.73 bits per heavy atom. The number of amides is 2. The lowest BCUT2D eigenvalue weighted by Gasteiger charge is -2.53. The van der Waals surface area contributed by atoms with Crippen LogP contribution >= 0.6 is 11.3 Å². The van der Waals surface area contributed by atoms with Crippen LogP contribution in [0.15, 0.2) is 35.8 Å². The third-order valence-corrected chi connectivity index (χ3v) is 20.1. The highest BCUT2D eigenvalue weighted by Crippen LogP contribution is 2.53. The van der Waals surface area contributed by atoms with Crippen molar-refractivity contribution in [2.45, 2.75) is 166 Å². The zero-order chi connectivity index (χ0) is 54.5. The molecule has 11 heterocycles. The van der Waals surface area contributed by atoms with Gasteiger partial charge in [0.15, 0.2) is 0 Å². The molecule has 3 aromatic heterocycles. The molecule has 2 N–H and O–H groups in total. The maximum absolute atomic E-state index is 15.6. The van der Waals surface area contributed by atoms with Crippen LogP contribution in [-0.2, 0) is 55.8 Å². The lowest BCUT2D eigenvalue weighted by atomic mass is 9.72. The van der Waals surface area contributed by atoms with Crippen molar-refractivity contribution < 1.29 is 42.8 Å². The van der Waals surface area contributed by atoms with Crippen LogP contribution in [0, 0.1) is 17.3 Å². The van der Waals surface area contributed by atoms with Crippen molar-refractivity contribution in [3.05, 3.63) is 52.1 Å². The lowest BCUT2D eigenvalue weighted by molar-refractivity contribution is -0.173. The summed E-state index contributed by atoms with van der Waals surface area (Å²) in [6, 6.07) is 7.16. The first-order valence-electron chi connectivity index (χ1n) is 29.5. The summed E-state index contributed by atoms with van der Waals surface area (Å²) in [6.07, 6.45) is 9.12. The smallest absolute Gasteiger partial charge is 0.325 e. The number of benzene rings is 1. The van der Waals surface area contributed by atoms with Gasteiger partial charge >= 0.3 is 5.97 Å². The van der Waals surface area contributed by atoms with Gasteiger partial charge in [0.05, 0.1) is 85.3 Å². The molecule has 0 spiro atoms. The van der Waals surface area contributed by atoms with Crippen LogP contribution in [0.25, 0.3) is 33.4 Å². The molecular formula is C60H81N9O9S. The fourth-order valence-electron chi connectivity index (χ4n) is 14.4. The second-order valence-corrected chi connectivity index (χ2v) is 26.7. The van der Waals surface area contributed by atoms with Crippen molar-refractivity contribution in [3.8, 4) is 22.5 Å². The highest BCUT2D eigenvalue weighted by atomic mass is 32.1. The number of fused-ring (bicyclic) bond motifs is 5. The molecule has 15 rings (SSSR count). The van der Waals surface area contributed by atoms with E-state index in [9.17, 15) is 9.59 Å². The number of aromatic nitrogens is 3. The van der Waals surface area contributed by atoms with E-state index in [0.29, 0.717) is 89.1 Å². The van der Waals surface area contributed by atoms with Gasteiger partial charge in [-0.05, 0) is 115 Å². The Balaban J connectivity index is 0.956. The number of nitrogens with zero attached hydrogens (tertiary/aromatic N) is 7. The Hall–Kier alpha value is -4.57. The first kappa shape index (κ1) is 53.7. The molecule has 4 aromatic rings. The summed E-state index contributed by atoms with van der Waals surface area (Å²) in [5.74, 6) is -0.631. The number of piperazine rings is 1. The summed E-state index contributed by atoms with van der Waals surface area (Å²) < 4.78 is 40.3. The van der Waals surface area contributed by atoms with E-state index in [1.54, 1.807) is 12.1 Å². The number of carbonyl (C=O) groups is 3. The van der Waals surface area contributed by atoms with E-state index in [-0.39, 0.29) is 60.3 Å². The van der Waals surface area contributed by atoms with E-state index < -0.39 is 29.1 Å². The van der Waals surface area contributed by atoms with Crippen molar-refractivity contribution >= 4 is 45.7 Å². The quantitative estimate of drug-likeness (QED) is 0.141. The number of hydrogen-bond acceptors (Lipinski definition) is 16. The van der Waals surface area contributed by atoms with Crippen molar-refractivity contribution in [2.75, 3.05) is 84.3 Å². The molecule has 79 heavy (non-hydrogen) atoms. The average Bonchev–Trinajstić information content (AvgIpc) is 4.06. The number of thiazole rings is 1. The number of carbonyl (C=O) groups excluding carboxylic acids is 3. The zero-order valence-corrected chi connectivity index (χ0v) is 48.1. The molecule has 18 nitrogen and oxygen atoms in total. The number of morpholine rings is 1. The molecule has 0 radical (unpaired) electrons. The van der Waals surface area contributed by atoms with Crippen molar-refractivity contribution in [3.63, 3.8) is 0 Å². The van der Waals surface area contributed by atoms with Gasteiger partial charge in [0.1, 0.15) is 22.7 Å². The van der Waals surface area contributed by atoms with Crippen LogP contribution in [0.2, 0.25) is 0 Å². The minimum Gasteiger partial charge on any atom is -0.464 e. The molecule has 8 aliphatic heterocycles. The summed E-state index contributed by atoms with van der Waals surface area (Å²) >= 11 is 1.51. The molecule has 426 valence electrons. The van der Waals surface area contributed by atoms with Gasteiger partial charge in [-0.1, -0.05) is 19.9 Å². The topological polar surface area (TPSA) is 174 Å². The van der Waals surface area contributed by atoms with Gasteiger partial charge in [0.25, 0.3) is 11.8 Å². The van der Waals surface area contributed by atoms with E-state index in [1.165, 1.54) is 24.2 Å². The highest BCUT2D eigenvalue weighted by molar-refractivity contribution is 7.10. The van der Waals surface area contributed by atoms with Gasteiger partial charge in [-0.15, -0.1) is 11.3 Å². The van der Waals surface area contributed by atoms with E-state index in [4.69, 9.17) is 38.4 Å². The van der Waals surface area contributed by atoms with Crippen molar-refractivity contribution in [1.29, 1.82) is 0 Å². The SMILES string of the molecule is CO[C@@H](C)c1ncc(N2CCN(C3CC3)CC2)cc1-c1c2c3cc(ccc3n1CCO[C@@H]1CCOC(C)(C)C1)-c1csc(n1)[C@@H](N1CCOCC1)[C@H](NC(=O)C13CC(C1)[C@H](C)O3)C(=O)N1N[C@H](C(=O)OCC(C)(C)C2)C2CC1C2. The van der Waals surface area contributed by atoms with E-state index in [0.717, 1.165) is 95.4 Å². The molecule has 6 atom stereocenters. The fourth-order valence-corrected chi connectivity index (χ4v) is 15.3. The first-order chi connectivity index (χ1) is 38.0. The zero-order valence-electron chi connectivity index (χ0n) is 47.3. The summed E-state index contributed by atoms with van der Waals surface area (Å²) in [5.41, 5.74) is 9.47. The van der Waals surface area contributed by atoms with Gasteiger partial charge in [0.2, 0.25) is 0 Å². The van der Waals surface area contributed by atoms with Crippen LogP contribution in [-0.4, -0.2) is 174 Å². The second kappa shape index (κ2) is 21.0. The average molecular weight is 1100 g/mol. The maximum Gasteiger partial charge on any atom is 0.325 e. The van der Waals surface area contributed by atoms with Crippen molar-refractivity contribution in [2.24, 2.45) is 17.3 Å². The van der Waals surface area contributed by atoms with E-state index >= 15 is 4.79 Å². The molecule has 3 saturated carbocycles. The minimum atomic E-state index is -1.05. The van der Waals surface area contributed by atoms with E-state index in [1.807, 2.05) is 13.1 Å². The largest absolute Gasteiger partial charge is 0.464 e. The predicted molar refractivity (Wildman–Crippen MR) is 299 cm³/mol. The number of pyridine rings is 1. The number of esters is 1. The molecule has 1 aromatic carbocycles. The number of methoxy groups -OCH3 is 1. The third-order valence-electron chi connectivity index (χ3n) is 19.2. The fraction of sp³-hybridized carbons (Fsp3) is 0.683. The van der Waals surface area contributed by atoms with Crippen LogP contribution in [0.3, 0.4) is 0 Å². The molecule has 10 fully saturated rings. The molecule has 0 unspecified atom stereocenters. The Morgan fingerprint density at radius 1 is 0.949 bits per heavy atom. The highest BCUT2D eigenvalue weighted by Gasteiger charge is 2.62. The normalized spacial score (nSPS) is 32.2. The van der Waals surface area contributed by atoms with Crippen LogP contribution in [0.1, 0.15) is 121 Å². The standard InChI is InChI=1S/C60H81N9O9S/c1-35-39-28-60(29-39,78-35)57(72)63-51-53(67-17-21-74-22-18-67)54-62-47(33-79-54)37-8-11-48-44(26-37)46(31-58(3,4)34-76-56(71)50-38-24-41(25-38)69(64-50)55(51)70)52(68(48)19-23-75-43-12-20-77-59(5,6)30-43)45-27-42(32-61-49(45)36(2)73-7)66-15-13-65(14-16-66)40-9-10-40/h8,11,26-27,32-33,35-36,38-41,43,50-51,53,64H,9-10,12-25,28-31,34H2,1-7H3,(H,63,72)/t35-,36-,38?,39?,41?,43+,50-,51-,53-,60?/m0/s1. The van der Waals surface area contributed by atoms with Crippen molar-refractivity contribution in [1.82, 2.24) is 40.1 Å². The third kappa shape index (κ3) is 10.2. The van der Waals surface area contributed by atoms with Crippen LogP contribution in [0.5, 0.6) is 0 Å². The molecular weight excluding hydrogens is 1020 g/mol. The minimum absolute atomic E-state index is 0.00844. The van der Waals surface area contributed by atoms with Gasteiger partial charge < -0.3 is 43.2 Å². The van der Waals surface area contributed by atoms with Gasteiger partial charge in [-0.3, -0.25) is 34.2 Å². The number of nitrogens with one attached hydrogen (secondary N) is 2. The Bertz CT molecular complexity index is 2950. The van der Waals surface area contributed by atoms with Crippen LogP contribution in [0.4, 0.5) is 5.69 Å². The Morgan fingerprint density at radius 3 is 2.46 bits per heavy atom. The number of anilines is 1. The maximum atomic E-state index is 15.6. The predicted octanol–water partition coefficient (Wildman–Crippen LogP) is 6.84. The van der Waals surface area contributed by atoms with Crippen LogP contribution < -0.4 is 15.6 Å². The Kier molecular flexibility index (Phi) is 14.3.